The summed E-state index contributed by atoms with van der Waals surface area (Å²) in [5, 5.41) is 19.3. The van der Waals surface area contributed by atoms with E-state index in [1.807, 2.05) is 19.9 Å². The number of nitro groups is 1. The molecule has 74 valence electrons. The lowest BCUT2D eigenvalue weighted by molar-refractivity contribution is -0.432. The van der Waals surface area contributed by atoms with E-state index < -0.39 is 10.8 Å². The number of nitrogens with zero attached hydrogens (tertiary/aromatic N) is 2. The van der Waals surface area contributed by atoms with Crippen LogP contribution in [0.1, 0.15) is 20.3 Å². The van der Waals surface area contributed by atoms with E-state index in [9.17, 15) is 10.1 Å². The van der Waals surface area contributed by atoms with Crippen LogP contribution in [0.4, 0.5) is 0 Å². The number of rotatable bonds is 2. The lowest BCUT2D eigenvalue weighted by Crippen LogP contribution is -2.15. The molecule has 0 radical (unpaired) electrons. The van der Waals surface area contributed by atoms with Crippen LogP contribution in [-0.4, -0.2) is 4.92 Å². The topological polar surface area (TPSA) is 66.9 Å². The lowest BCUT2D eigenvalue weighted by atomic mass is 9.87. The minimum absolute atomic E-state index is 0.0110. The summed E-state index contributed by atoms with van der Waals surface area (Å²) in [4.78, 5) is 10.1. The van der Waals surface area contributed by atoms with Gasteiger partial charge in [-0.25, -0.2) is 0 Å². The van der Waals surface area contributed by atoms with Crippen LogP contribution in [-0.2, 0) is 0 Å². The van der Waals surface area contributed by atoms with E-state index in [1.165, 1.54) is 6.08 Å². The molecule has 1 aliphatic carbocycles. The smallest absolute Gasteiger partial charge is 0.259 e. The first-order chi connectivity index (χ1) is 6.56. The van der Waals surface area contributed by atoms with Crippen molar-refractivity contribution in [1.82, 2.24) is 0 Å². The van der Waals surface area contributed by atoms with Gasteiger partial charge in [0.1, 0.15) is 5.92 Å². The van der Waals surface area contributed by atoms with Gasteiger partial charge in [0.15, 0.2) is 0 Å². The average Bonchev–Trinajstić information content (AvgIpc) is 2.16. The molecular formula is C10H12N2O2. The maximum atomic E-state index is 10.6. The Bertz CT molecular complexity index is 348. The molecule has 4 nitrogen and oxygen atoms in total. The first-order valence-corrected chi connectivity index (χ1v) is 4.51. The molecule has 0 spiro atoms. The van der Waals surface area contributed by atoms with Crippen LogP contribution in [0.5, 0.6) is 0 Å². The van der Waals surface area contributed by atoms with E-state index >= 15 is 0 Å². The SMILES string of the molecule is CC(C)C1=CC=C([N+](=O)[O-])C(C#N)C1. The van der Waals surface area contributed by atoms with Gasteiger partial charge in [-0.2, -0.15) is 5.26 Å². The van der Waals surface area contributed by atoms with Crippen LogP contribution in [0.25, 0.3) is 0 Å². The number of hydrogen-bond donors (Lipinski definition) is 0. The predicted octanol–water partition coefficient (Wildman–Crippen LogP) is 2.27. The van der Waals surface area contributed by atoms with E-state index in [0.717, 1.165) is 5.57 Å². The normalized spacial score (nSPS) is 21.1. The van der Waals surface area contributed by atoms with Crippen molar-refractivity contribution in [2.45, 2.75) is 20.3 Å². The summed E-state index contributed by atoms with van der Waals surface area (Å²) in [5.41, 5.74) is 1.11. The Hall–Kier alpha value is -1.63. The number of hydrogen-bond acceptors (Lipinski definition) is 3. The molecule has 0 aromatic rings. The molecule has 0 amide bonds. The van der Waals surface area contributed by atoms with E-state index in [0.29, 0.717) is 12.3 Å². The Balaban J connectivity index is 2.97. The highest BCUT2D eigenvalue weighted by molar-refractivity contribution is 5.27. The molecule has 0 aromatic carbocycles. The molecule has 1 rings (SSSR count). The molecule has 14 heavy (non-hydrogen) atoms. The van der Waals surface area contributed by atoms with Crippen LogP contribution in [0.3, 0.4) is 0 Å². The molecule has 1 atom stereocenters. The van der Waals surface area contributed by atoms with E-state index in [-0.39, 0.29) is 5.70 Å². The zero-order valence-corrected chi connectivity index (χ0v) is 8.23. The van der Waals surface area contributed by atoms with Crippen LogP contribution in [0.15, 0.2) is 23.4 Å². The van der Waals surface area contributed by atoms with Gasteiger partial charge in [-0.1, -0.05) is 25.5 Å². The van der Waals surface area contributed by atoms with Crippen LogP contribution < -0.4 is 0 Å². The molecule has 0 heterocycles. The zero-order chi connectivity index (χ0) is 10.7. The molecule has 1 unspecified atom stereocenters. The minimum Gasteiger partial charge on any atom is -0.259 e. The number of allylic oxidation sites excluding steroid dienone is 4. The van der Waals surface area contributed by atoms with E-state index in [1.54, 1.807) is 6.08 Å². The third-order valence-corrected chi connectivity index (χ3v) is 2.37. The van der Waals surface area contributed by atoms with Gasteiger partial charge in [-0.15, -0.1) is 0 Å². The molecule has 0 aromatic heterocycles. The highest BCUT2D eigenvalue weighted by atomic mass is 16.6. The molecule has 1 aliphatic rings. The molecule has 0 bridgehead atoms. The van der Waals surface area contributed by atoms with Crippen LogP contribution in [0.2, 0.25) is 0 Å². The minimum atomic E-state index is -0.590. The Morgan fingerprint density at radius 3 is 2.71 bits per heavy atom. The first kappa shape index (κ1) is 10.5. The first-order valence-electron chi connectivity index (χ1n) is 4.51. The summed E-state index contributed by atoms with van der Waals surface area (Å²) in [5.74, 6) is -0.247. The maximum absolute atomic E-state index is 10.6. The highest BCUT2D eigenvalue weighted by Crippen LogP contribution is 2.28. The molecular weight excluding hydrogens is 180 g/mol. The van der Waals surface area contributed by atoms with Crippen molar-refractivity contribution in [2.75, 3.05) is 0 Å². The fraction of sp³-hybridized carbons (Fsp3) is 0.500. The van der Waals surface area contributed by atoms with Crippen molar-refractivity contribution in [1.29, 1.82) is 5.26 Å². The Morgan fingerprint density at radius 1 is 1.64 bits per heavy atom. The van der Waals surface area contributed by atoms with Gasteiger partial charge >= 0.3 is 0 Å². The second-order valence-corrected chi connectivity index (χ2v) is 3.63. The van der Waals surface area contributed by atoms with Crippen molar-refractivity contribution >= 4 is 0 Å². The summed E-state index contributed by atoms with van der Waals surface area (Å²) in [6.45, 7) is 4.04. The highest BCUT2D eigenvalue weighted by Gasteiger charge is 2.28. The predicted molar refractivity (Wildman–Crippen MR) is 51.7 cm³/mol. The maximum Gasteiger partial charge on any atom is 0.263 e. The van der Waals surface area contributed by atoms with E-state index in [4.69, 9.17) is 5.26 Å². The van der Waals surface area contributed by atoms with Crippen LogP contribution in [0, 0.1) is 33.3 Å². The summed E-state index contributed by atoms with van der Waals surface area (Å²) < 4.78 is 0. The van der Waals surface area contributed by atoms with Gasteiger partial charge < -0.3 is 0 Å². The summed E-state index contributed by atoms with van der Waals surface area (Å²) >= 11 is 0. The average molecular weight is 192 g/mol. The molecule has 4 heteroatoms. The van der Waals surface area contributed by atoms with Crippen molar-refractivity contribution in [2.24, 2.45) is 11.8 Å². The molecule has 0 aliphatic heterocycles. The third-order valence-electron chi connectivity index (χ3n) is 2.37. The quantitative estimate of drug-likeness (QED) is 0.498. The fourth-order valence-electron chi connectivity index (χ4n) is 1.44. The summed E-state index contributed by atoms with van der Waals surface area (Å²) in [6, 6.07) is 1.97. The monoisotopic (exact) mass is 192 g/mol. The van der Waals surface area contributed by atoms with Gasteiger partial charge in [-0.3, -0.25) is 10.1 Å². The summed E-state index contributed by atoms with van der Waals surface area (Å²) in [7, 11) is 0. The lowest BCUT2D eigenvalue weighted by Gasteiger charge is -2.16. The molecule has 0 fully saturated rings. The Kier molecular flexibility index (Phi) is 3.03. The van der Waals surface area contributed by atoms with Gasteiger partial charge in [0, 0.05) is 6.08 Å². The van der Waals surface area contributed by atoms with Gasteiger partial charge in [0.25, 0.3) is 5.70 Å². The number of nitriles is 1. The third kappa shape index (κ3) is 1.99. The standard InChI is InChI=1S/C10H12N2O2/c1-7(2)8-3-4-10(12(13)14)9(5-8)6-11/h3-4,7,9H,5H2,1-2H3. The van der Waals surface area contributed by atoms with Gasteiger partial charge in [0.05, 0.1) is 11.0 Å². The second-order valence-electron chi connectivity index (χ2n) is 3.63. The molecule has 0 saturated heterocycles. The second kappa shape index (κ2) is 4.05. The largest absolute Gasteiger partial charge is 0.263 e. The van der Waals surface area contributed by atoms with Gasteiger partial charge in [0.2, 0.25) is 0 Å². The molecule has 0 N–H and O–H groups in total. The zero-order valence-electron chi connectivity index (χ0n) is 8.23. The Morgan fingerprint density at radius 2 is 2.29 bits per heavy atom. The summed E-state index contributed by atoms with van der Waals surface area (Å²) in [6.07, 6.45) is 3.70. The van der Waals surface area contributed by atoms with Crippen molar-refractivity contribution in [3.63, 3.8) is 0 Å². The van der Waals surface area contributed by atoms with Crippen molar-refractivity contribution in [3.05, 3.63) is 33.5 Å². The molecule has 0 saturated carbocycles. The van der Waals surface area contributed by atoms with Crippen molar-refractivity contribution < 1.29 is 4.92 Å². The van der Waals surface area contributed by atoms with Crippen LogP contribution >= 0.6 is 0 Å². The fourth-order valence-corrected chi connectivity index (χ4v) is 1.44. The van der Waals surface area contributed by atoms with E-state index in [2.05, 4.69) is 0 Å². The van der Waals surface area contributed by atoms with Gasteiger partial charge in [-0.05, 0) is 12.3 Å². The Labute approximate surface area is 82.7 Å². The van der Waals surface area contributed by atoms with Crippen molar-refractivity contribution in [3.8, 4) is 6.07 Å².